The van der Waals surface area contributed by atoms with E-state index in [0.29, 0.717) is 11.6 Å². The van der Waals surface area contributed by atoms with E-state index in [-0.39, 0.29) is 6.61 Å². The lowest BCUT2D eigenvalue weighted by Crippen LogP contribution is -1.86. The van der Waals surface area contributed by atoms with E-state index >= 15 is 0 Å². The highest BCUT2D eigenvalue weighted by Gasteiger charge is 2.30. The summed E-state index contributed by atoms with van der Waals surface area (Å²) in [5.41, 5.74) is 1.72. The van der Waals surface area contributed by atoms with Crippen LogP contribution in [0.3, 0.4) is 0 Å². The lowest BCUT2D eigenvalue weighted by atomic mass is 10.1. The minimum atomic E-state index is -0.0119. The lowest BCUT2D eigenvalue weighted by Gasteiger charge is -1.90. The Labute approximate surface area is 65.0 Å². The van der Waals surface area contributed by atoms with Crippen molar-refractivity contribution in [3.05, 3.63) is 17.0 Å². The topological polar surface area (TPSA) is 46.3 Å². The molecule has 0 spiro atoms. The minimum Gasteiger partial charge on any atom is -0.390 e. The minimum absolute atomic E-state index is 0.0119. The lowest BCUT2D eigenvalue weighted by molar-refractivity contribution is 0.264. The Kier molecular flexibility index (Phi) is 1.46. The molecule has 1 heterocycles. The van der Waals surface area contributed by atoms with Crippen LogP contribution in [0, 0.1) is 6.92 Å². The van der Waals surface area contributed by atoms with Crippen LogP contribution >= 0.6 is 0 Å². The molecule has 2 rings (SSSR count). The maximum Gasteiger partial charge on any atom is 0.143 e. The maximum atomic E-state index is 8.81. The first-order valence-corrected chi connectivity index (χ1v) is 3.89. The molecule has 0 atom stereocenters. The predicted octanol–water partition coefficient (Wildman–Crippen LogP) is 1.35. The van der Waals surface area contributed by atoms with E-state index in [2.05, 4.69) is 5.16 Å². The van der Waals surface area contributed by atoms with E-state index in [4.69, 9.17) is 9.63 Å². The van der Waals surface area contributed by atoms with Crippen molar-refractivity contribution in [3.63, 3.8) is 0 Å². The first-order valence-electron chi connectivity index (χ1n) is 3.89. The summed E-state index contributed by atoms with van der Waals surface area (Å²) in [7, 11) is 0. The van der Waals surface area contributed by atoms with Gasteiger partial charge in [-0.2, -0.15) is 0 Å². The van der Waals surface area contributed by atoms with Crippen molar-refractivity contribution in [2.45, 2.75) is 32.3 Å². The van der Waals surface area contributed by atoms with Gasteiger partial charge in [0.25, 0.3) is 0 Å². The summed E-state index contributed by atoms with van der Waals surface area (Å²) in [5.74, 6) is 1.57. The number of hydrogen-bond acceptors (Lipinski definition) is 3. The van der Waals surface area contributed by atoms with Gasteiger partial charge in [0.15, 0.2) is 0 Å². The van der Waals surface area contributed by atoms with Gasteiger partial charge in [-0.3, -0.25) is 0 Å². The van der Waals surface area contributed by atoms with Crippen molar-refractivity contribution in [1.29, 1.82) is 0 Å². The molecule has 60 valence electrons. The van der Waals surface area contributed by atoms with Gasteiger partial charge in [0.2, 0.25) is 0 Å². The van der Waals surface area contributed by atoms with Gasteiger partial charge < -0.3 is 9.63 Å². The van der Waals surface area contributed by atoms with Gasteiger partial charge in [0.05, 0.1) is 6.61 Å². The summed E-state index contributed by atoms with van der Waals surface area (Å²) in [6.45, 7) is 1.94. The Morgan fingerprint density at radius 2 is 2.36 bits per heavy atom. The Morgan fingerprint density at radius 3 is 2.82 bits per heavy atom. The van der Waals surface area contributed by atoms with Crippen LogP contribution < -0.4 is 0 Å². The van der Waals surface area contributed by atoms with Crippen LogP contribution in [0.1, 0.15) is 35.8 Å². The third kappa shape index (κ3) is 1.05. The van der Waals surface area contributed by atoms with Crippen LogP contribution in [0.4, 0.5) is 0 Å². The predicted molar refractivity (Wildman–Crippen MR) is 39.1 cm³/mol. The molecule has 3 nitrogen and oxygen atoms in total. The number of hydrogen-bond donors (Lipinski definition) is 1. The normalized spacial score (nSPS) is 17.3. The summed E-state index contributed by atoms with van der Waals surface area (Å²) in [5, 5.41) is 12.6. The smallest absolute Gasteiger partial charge is 0.143 e. The van der Waals surface area contributed by atoms with Crippen LogP contribution in [0.15, 0.2) is 4.52 Å². The van der Waals surface area contributed by atoms with Crippen molar-refractivity contribution in [2.75, 3.05) is 0 Å². The maximum absolute atomic E-state index is 8.81. The standard InChI is InChI=1S/C8H11NO2/c1-5-7(4-10)9-11-8(5)6-2-3-6/h6,10H,2-4H2,1H3. The van der Waals surface area contributed by atoms with E-state index in [1.54, 1.807) is 0 Å². The monoisotopic (exact) mass is 153 g/mol. The fraction of sp³-hybridized carbons (Fsp3) is 0.625. The highest BCUT2D eigenvalue weighted by molar-refractivity contribution is 5.26. The SMILES string of the molecule is Cc1c(CO)noc1C1CC1. The van der Waals surface area contributed by atoms with Crippen LogP contribution in [-0.2, 0) is 6.61 Å². The molecule has 1 aromatic rings. The Hall–Kier alpha value is -0.830. The summed E-state index contributed by atoms with van der Waals surface area (Å²) in [6, 6.07) is 0. The zero-order chi connectivity index (χ0) is 7.84. The van der Waals surface area contributed by atoms with Crippen molar-refractivity contribution in [3.8, 4) is 0 Å². The highest BCUT2D eigenvalue weighted by Crippen LogP contribution is 2.42. The second-order valence-corrected chi connectivity index (χ2v) is 3.05. The number of aliphatic hydroxyl groups excluding tert-OH is 1. The molecule has 1 aromatic heterocycles. The van der Waals surface area contributed by atoms with E-state index in [9.17, 15) is 0 Å². The molecule has 0 aromatic carbocycles. The van der Waals surface area contributed by atoms with Gasteiger partial charge in [0, 0.05) is 11.5 Å². The zero-order valence-electron chi connectivity index (χ0n) is 6.50. The average molecular weight is 153 g/mol. The number of nitrogens with zero attached hydrogens (tertiary/aromatic N) is 1. The fourth-order valence-corrected chi connectivity index (χ4v) is 1.26. The molecular formula is C8H11NO2. The summed E-state index contributed by atoms with van der Waals surface area (Å²) in [6.07, 6.45) is 2.42. The average Bonchev–Trinajstić information content (AvgIpc) is 2.77. The molecule has 1 aliphatic rings. The molecule has 1 fully saturated rings. The van der Waals surface area contributed by atoms with Gasteiger partial charge in [-0.05, 0) is 19.8 Å². The molecule has 11 heavy (non-hydrogen) atoms. The molecule has 0 saturated heterocycles. The number of rotatable bonds is 2. The van der Waals surface area contributed by atoms with Crippen LogP contribution in [0.25, 0.3) is 0 Å². The molecule has 0 amide bonds. The van der Waals surface area contributed by atoms with Gasteiger partial charge in [-0.1, -0.05) is 5.16 Å². The summed E-state index contributed by atoms with van der Waals surface area (Å²) < 4.78 is 5.10. The zero-order valence-corrected chi connectivity index (χ0v) is 6.50. The van der Waals surface area contributed by atoms with Crippen molar-refractivity contribution in [1.82, 2.24) is 5.16 Å². The van der Waals surface area contributed by atoms with Crippen molar-refractivity contribution in [2.24, 2.45) is 0 Å². The number of aliphatic hydroxyl groups is 1. The molecule has 1 aliphatic carbocycles. The van der Waals surface area contributed by atoms with Crippen LogP contribution in [0.2, 0.25) is 0 Å². The van der Waals surface area contributed by atoms with E-state index in [0.717, 1.165) is 11.3 Å². The summed E-state index contributed by atoms with van der Waals surface area (Å²) >= 11 is 0. The van der Waals surface area contributed by atoms with E-state index in [1.165, 1.54) is 12.8 Å². The van der Waals surface area contributed by atoms with Crippen molar-refractivity contribution < 1.29 is 9.63 Å². The van der Waals surface area contributed by atoms with Gasteiger partial charge in [-0.15, -0.1) is 0 Å². The quantitative estimate of drug-likeness (QED) is 0.697. The Morgan fingerprint density at radius 1 is 1.64 bits per heavy atom. The second-order valence-electron chi connectivity index (χ2n) is 3.05. The van der Waals surface area contributed by atoms with E-state index in [1.807, 2.05) is 6.92 Å². The molecule has 1 N–H and O–H groups in total. The largest absolute Gasteiger partial charge is 0.390 e. The molecule has 0 radical (unpaired) electrons. The first-order chi connectivity index (χ1) is 5.33. The third-order valence-corrected chi connectivity index (χ3v) is 2.15. The van der Waals surface area contributed by atoms with Gasteiger partial charge in [0.1, 0.15) is 11.5 Å². The van der Waals surface area contributed by atoms with Gasteiger partial charge in [-0.25, -0.2) is 0 Å². The van der Waals surface area contributed by atoms with Crippen LogP contribution in [-0.4, -0.2) is 10.3 Å². The second kappa shape index (κ2) is 2.34. The van der Waals surface area contributed by atoms with E-state index < -0.39 is 0 Å². The highest BCUT2D eigenvalue weighted by atomic mass is 16.5. The first kappa shape index (κ1) is 6.85. The number of aromatic nitrogens is 1. The van der Waals surface area contributed by atoms with Gasteiger partial charge >= 0.3 is 0 Å². The molecule has 0 unspecified atom stereocenters. The molecule has 3 heteroatoms. The Bertz CT molecular complexity index is 263. The Balaban J connectivity index is 2.33. The third-order valence-electron chi connectivity index (χ3n) is 2.15. The molecular weight excluding hydrogens is 142 g/mol. The molecule has 0 aliphatic heterocycles. The molecule has 0 bridgehead atoms. The summed E-state index contributed by atoms with van der Waals surface area (Å²) in [4.78, 5) is 0. The van der Waals surface area contributed by atoms with Crippen molar-refractivity contribution >= 4 is 0 Å². The van der Waals surface area contributed by atoms with Crippen LogP contribution in [0.5, 0.6) is 0 Å². The molecule has 1 saturated carbocycles. The fourth-order valence-electron chi connectivity index (χ4n) is 1.26.